The van der Waals surface area contributed by atoms with Crippen LogP contribution in [0.1, 0.15) is 24.1 Å². The third-order valence-corrected chi connectivity index (χ3v) is 3.13. The maximum Gasteiger partial charge on any atom is 0.416 e. The van der Waals surface area contributed by atoms with Crippen LogP contribution in [-0.4, -0.2) is 31.7 Å². The highest BCUT2D eigenvalue weighted by atomic mass is 19.4. The summed E-state index contributed by atoms with van der Waals surface area (Å²) in [6.45, 7) is 4.91. The molecule has 0 aliphatic heterocycles. The van der Waals surface area contributed by atoms with Gasteiger partial charge in [0.25, 0.3) is 0 Å². The second kappa shape index (κ2) is 8.49. The molecule has 0 aliphatic carbocycles. The first kappa shape index (κ1) is 19.7. The van der Waals surface area contributed by atoms with E-state index in [1.165, 1.54) is 25.1 Å². The van der Waals surface area contributed by atoms with E-state index in [0.717, 1.165) is 19.2 Å². The summed E-state index contributed by atoms with van der Waals surface area (Å²) in [5.41, 5.74) is -1.43. The molecular formula is C16H18F3NO4. The minimum Gasteiger partial charge on any atom is -0.467 e. The summed E-state index contributed by atoms with van der Waals surface area (Å²) in [5, 5.41) is 2.23. The van der Waals surface area contributed by atoms with E-state index >= 15 is 0 Å². The Hall–Kier alpha value is -2.35. The van der Waals surface area contributed by atoms with Gasteiger partial charge in [-0.25, -0.2) is 4.79 Å². The number of carbonyl (C=O) groups is 2. The van der Waals surface area contributed by atoms with Gasteiger partial charge in [-0.15, -0.1) is 6.58 Å². The normalized spacial score (nSPS) is 13.7. The van der Waals surface area contributed by atoms with E-state index in [1.54, 1.807) is 0 Å². The van der Waals surface area contributed by atoms with Gasteiger partial charge in [0.2, 0.25) is 5.91 Å². The minimum absolute atomic E-state index is 0.0800. The molecule has 2 atom stereocenters. The smallest absolute Gasteiger partial charge is 0.416 e. The van der Waals surface area contributed by atoms with Crippen molar-refractivity contribution in [2.24, 2.45) is 0 Å². The number of hydrogen-bond acceptors (Lipinski definition) is 4. The predicted octanol–water partition coefficient (Wildman–Crippen LogP) is 2.63. The molecule has 0 radical (unpaired) electrons. The molecule has 1 aromatic rings. The predicted molar refractivity (Wildman–Crippen MR) is 80.0 cm³/mol. The summed E-state index contributed by atoms with van der Waals surface area (Å²) >= 11 is 0. The summed E-state index contributed by atoms with van der Waals surface area (Å²) in [5.74, 6) is -1.76. The summed E-state index contributed by atoms with van der Waals surface area (Å²) in [6.07, 6.45) is -4.24. The topological polar surface area (TPSA) is 64.6 Å². The van der Waals surface area contributed by atoms with Gasteiger partial charge in [0.05, 0.1) is 19.3 Å². The molecule has 8 heteroatoms. The van der Waals surface area contributed by atoms with Gasteiger partial charge in [-0.05, 0) is 18.6 Å². The molecule has 0 spiro atoms. The number of halogens is 3. The molecule has 0 aliphatic rings. The van der Waals surface area contributed by atoms with E-state index in [4.69, 9.17) is 4.74 Å². The van der Waals surface area contributed by atoms with Crippen molar-refractivity contribution in [3.8, 4) is 0 Å². The van der Waals surface area contributed by atoms with Gasteiger partial charge in [0, 0.05) is 0 Å². The van der Waals surface area contributed by atoms with Gasteiger partial charge in [0.15, 0.2) is 6.04 Å². The Morgan fingerprint density at radius 3 is 2.50 bits per heavy atom. The van der Waals surface area contributed by atoms with Gasteiger partial charge >= 0.3 is 12.1 Å². The quantitative estimate of drug-likeness (QED) is 0.609. The van der Waals surface area contributed by atoms with Gasteiger partial charge < -0.3 is 14.8 Å². The molecule has 0 bridgehead atoms. The van der Waals surface area contributed by atoms with Crippen LogP contribution in [0.15, 0.2) is 36.9 Å². The standard InChI is InChI=1S/C16H18F3NO4/c1-4-9-24-10(2)14(21)20-13(15(22)23-3)11-7-5-6-8-12(11)16(17,18)19/h4-8,10,13H,1,9H2,2-3H3,(H,20,21). The van der Waals surface area contributed by atoms with E-state index in [0.29, 0.717) is 0 Å². The molecule has 1 aromatic carbocycles. The van der Waals surface area contributed by atoms with Crippen molar-refractivity contribution in [1.29, 1.82) is 0 Å². The first-order chi connectivity index (χ1) is 11.2. The molecule has 5 nitrogen and oxygen atoms in total. The number of benzene rings is 1. The molecule has 2 unspecified atom stereocenters. The van der Waals surface area contributed by atoms with Crippen LogP contribution >= 0.6 is 0 Å². The fraction of sp³-hybridized carbons (Fsp3) is 0.375. The summed E-state index contributed by atoms with van der Waals surface area (Å²) in [6, 6.07) is 2.87. The monoisotopic (exact) mass is 345 g/mol. The lowest BCUT2D eigenvalue weighted by Crippen LogP contribution is -2.41. The van der Waals surface area contributed by atoms with Gasteiger partial charge in [-0.1, -0.05) is 24.3 Å². The van der Waals surface area contributed by atoms with Crippen LogP contribution in [0.25, 0.3) is 0 Å². The number of esters is 1. The van der Waals surface area contributed by atoms with Crippen LogP contribution in [0.4, 0.5) is 13.2 Å². The van der Waals surface area contributed by atoms with Crippen LogP contribution in [0, 0.1) is 0 Å². The largest absolute Gasteiger partial charge is 0.467 e. The molecule has 132 valence electrons. The molecule has 24 heavy (non-hydrogen) atoms. The number of nitrogens with one attached hydrogen (secondary N) is 1. The van der Waals surface area contributed by atoms with Crippen LogP contribution in [0.2, 0.25) is 0 Å². The fourth-order valence-corrected chi connectivity index (χ4v) is 1.94. The molecule has 0 saturated carbocycles. The molecular weight excluding hydrogens is 327 g/mol. The van der Waals surface area contributed by atoms with Crippen LogP contribution in [0.3, 0.4) is 0 Å². The lowest BCUT2D eigenvalue weighted by Gasteiger charge is -2.22. The van der Waals surface area contributed by atoms with E-state index < -0.39 is 41.3 Å². The molecule has 0 aromatic heterocycles. The van der Waals surface area contributed by atoms with Crippen LogP contribution < -0.4 is 5.32 Å². The minimum atomic E-state index is -4.68. The van der Waals surface area contributed by atoms with Crippen molar-refractivity contribution in [3.05, 3.63) is 48.0 Å². The molecule has 0 fully saturated rings. The third-order valence-electron chi connectivity index (χ3n) is 3.13. The summed E-state index contributed by atoms with van der Waals surface area (Å²) in [7, 11) is 1.02. The van der Waals surface area contributed by atoms with Crippen molar-refractivity contribution in [3.63, 3.8) is 0 Å². The van der Waals surface area contributed by atoms with E-state index in [1.807, 2.05) is 0 Å². The summed E-state index contributed by atoms with van der Waals surface area (Å²) in [4.78, 5) is 24.0. The molecule has 1 amide bonds. The Bertz CT molecular complexity index is 601. The van der Waals surface area contributed by atoms with Crippen LogP contribution in [0.5, 0.6) is 0 Å². The Labute approximate surface area is 137 Å². The first-order valence-corrected chi connectivity index (χ1v) is 6.99. The highest BCUT2D eigenvalue weighted by Crippen LogP contribution is 2.34. The average molecular weight is 345 g/mol. The first-order valence-electron chi connectivity index (χ1n) is 6.99. The zero-order chi connectivity index (χ0) is 18.3. The van der Waals surface area contributed by atoms with Gasteiger partial charge in [-0.3, -0.25) is 4.79 Å². The van der Waals surface area contributed by atoms with Crippen molar-refractivity contribution < 1.29 is 32.2 Å². The van der Waals surface area contributed by atoms with Gasteiger partial charge in [-0.2, -0.15) is 13.2 Å². The number of ether oxygens (including phenoxy) is 2. The fourth-order valence-electron chi connectivity index (χ4n) is 1.94. The van der Waals surface area contributed by atoms with Gasteiger partial charge in [0.1, 0.15) is 6.10 Å². The second-order valence-corrected chi connectivity index (χ2v) is 4.81. The van der Waals surface area contributed by atoms with Crippen molar-refractivity contribution >= 4 is 11.9 Å². The lowest BCUT2D eigenvalue weighted by atomic mass is 9.99. The highest BCUT2D eigenvalue weighted by molar-refractivity contribution is 5.87. The van der Waals surface area contributed by atoms with E-state index in [9.17, 15) is 22.8 Å². The van der Waals surface area contributed by atoms with Crippen LogP contribution in [-0.2, 0) is 25.2 Å². The SMILES string of the molecule is C=CCOC(C)C(=O)NC(C(=O)OC)c1ccccc1C(F)(F)F. The average Bonchev–Trinajstić information content (AvgIpc) is 2.55. The van der Waals surface area contributed by atoms with Crippen molar-refractivity contribution in [2.75, 3.05) is 13.7 Å². The number of rotatable bonds is 7. The third kappa shape index (κ3) is 5.09. The Morgan fingerprint density at radius 2 is 1.96 bits per heavy atom. The maximum absolute atomic E-state index is 13.1. The molecule has 1 N–H and O–H groups in total. The number of amides is 1. The Balaban J connectivity index is 3.14. The highest BCUT2D eigenvalue weighted by Gasteiger charge is 2.38. The van der Waals surface area contributed by atoms with E-state index in [2.05, 4.69) is 16.6 Å². The molecule has 0 heterocycles. The number of carbonyl (C=O) groups excluding carboxylic acids is 2. The lowest BCUT2D eigenvalue weighted by molar-refractivity contribution is -0.148. The molecule has 0 saturated heterocycles. The zero-order valence-electron chi connectivity index (χ0n) is 13.2. The molecule has 1 rings (SSSR count). The van der Waals surface area contributed by atoms with E-state index in [-0.39, 0.29) is 6.61 Å². The Kier molecular flexibility index (Phi) is 6.97. The van der Waals surface area contributed by atoms with Crippen molar-refractivity contribution in [2.45, 2.75) is 25.2 Å². The summed E-state index contributed by atoms with van der Waals surface area (Å²) < 4.78 is 49.0. The number of methoxy groups -OCH3 is 1. The zero-order valence-corrected chi connectivity index (χ0v) is 13.2. The Morgan fingerprint density at radius 1 is 1.33 bits per heavy atom. The van der Waals surface area contributed by atoms with Crippen molar-refractivity contribution in [1.82, 2.24) is 5.32 Å². The second-order valence-electron chi connectivity index (χ2n) is 4.81. The maximum atomic E-state index is 13.1. The number of hydrogen-bond donors (Lipinski definition) is 1. The number of alkyl halides is 3.